The largest absolute Gasteiger partial charge is 0.368 e. The van der Waals surface area contributed by atoms with E-state index in [9.17, 15) is 9.59 Å². The first kappa shape index (κ1) is 18.4. The molecule has 0 aromatic heterocycles. The van der Waals surface area contributed by atoms with Crippen molar-refractivity contribution in [2.75, 3.05) is 44.3 Å². The summed E-state index contributed by atoms with van der Waals surface area (Å²) in [6.45, 7) is 6.46. The van der Waals surface area contributed by atoms with Gasteiger partial charge in [-0.2, -0.15) is 0 Å². The highest BCUT2D eigenvalue weighted by atomic mass is 16.2. The summed E-state index contributed by atoms with van der Waals surface area (Å²) >= 11 is 0. The smallest absolute Gasteiger partial charge is 0.246 e. The minimum Gasteiger partial charge on any atom is -0.368 e. The standard InChI is InChI=1S/C23H28N4O2/c1-17-14-24(20-9-4-7-18-6-2-3-8-19(18)20)12-13-25(17)16-26-15-22(28)27-11-5-10-21(27)23(26)29/h2-4,6-9,17,21H,5,10-16H2,1H3/t17?,21-/m1/s1. The predicted octanol–water partition coefficient (Wildman–Crippen LogP) is 2.14. The fourth-order valence-corrected chi connectivity index (χ4v) is 5.11. The summed E-state index contributed by atoms with van der Waals surface area (Å²) in [5.41, 5.74) is 1.28. The van der Waals surface area contributed by atoms with Gasteiger partial charge in [0.2, 0.25) is 11.8 Å². The van der Waals surface area contributed by atoms with Crippen LogP contribution >= 0.6 is 0 Å². The van der Waals surface area contributed by atoms with E-state index in [1.165, 1.54) is 16.5 Å². The van der Waals surface area contributed by atoms with Gasteiger partial charge in [0.05, 0.1) is 6.67 Å². The quantitative estimate of drug-likeness (QED) is 0.803. The molecule has 6 heteroatoms. The zero-order valence-electron chi connectivity index (χ0n) is 17.0. The Morgan fingerprint density at radius 1 is 1.00 bits per heavy atom. The summed E-state index contributed by atoms with van der Waals surface area (Å²) < 4.78 is 0. The molecule has 1 unspecified atom stereocenters. The van der Waals surface area contributed by atoms with Crippen LogP contribution in [0.2, 0.25) is 0 Å². The third-order valence-corrected chi connectivity index (χ3v) is 6.72. The van der Waals surface area contributed by atoms with Gasteiger partial charge in [-0.25, -0.2) is 0 Å². The molecule has 29 heavy (non-hydrogen) atoms. The van der Waals surface area contributed by atoms with Crippen LogP contribution in [0.15, 0.2) is 42.5 Å². The fraction of sp³-hybridized carbons (Fsp3) is 0.478. The van der Waals surface area contributed by atoms with Crippen LogP contribution in [0.3, 0.4) is 0 Å². The fourth-order valence-electron chi connectivity index (χ4n) is 5.11. The topological polar surface area (TPSA) is 47.1 Å². The normalized spacial score (nSPS) is 25.8. The molecule has 6 nitrogen and oxygen atoms in total. The number of carbonyl (C=O) groups excluding carboxylic acids is 2. The van der Waals surface area contributed by atoms with Crippen molar-refractivity contribution >= 4 is 28.3 Å². The molecule has 2 atom stereocenters. The minimum absolute atomic E-state index is 0.106. The van der Waals surface area contributed by atoms with E-state index in [-0.39, 0.29) is 24.4 Å². The molecule has 3 aliphatic heterocycles. The second kappa shape index (κ2) is 7.34. The summed E-state index contributed by atoms with van der Waals surface area (Å²) in [7, 11) is 0. The summed E-state index contributed by atoms with van der Waals surface area (Å²) in [5, 5.41) is 2.55. The molecule has 5 rings (SSSR count). The molecule has 0 bridgehead atoms. The third kappa shape index (κ3) is 3.25. The lowest BCUT2D eigenvalue weighted by atomic mass is 10.1. The van der Waals surface area contributed by atoms with Crippen LogP contribution in [0.4, 0.5) is 5.69 Å². The first-order valence-corrected chi connectivity index (χ1v) is 10.7. The number of anilines is 1. The van der Waals surface area contributed by atoms with E-state index in [4.69, 9.17) is 0 Å². The van der Waals surface area contributed by atoms with Gasteiger partial charge < -0.3 is 14.7 Å². The Labute approximate surface area is 171 Å². The van der Waals surface area contributed by atoms with Gasteiger partial charge in [-0.3, -0.25) is 14.5 Å². The van der Waals surface area contributed by atoms with Crippen molar-refractivity contribution in [3.63, 3.8) is 0 Å². The Morgan fingerprint density at radius 3 is 2.69 bits per heavy atom. The monoisotopic (exact) mass is 392 g/mol. The summed E-state index contributed by atoms with van der Waals surface area (Å²) in [6, 6.07) is 15.1. The second-order valence-corrected chi connectivity index (χ2v) is 8.53. The molecule has 3 fully saturated rings. The highest BCUT2D eigenvalue weighted by molar-refractivity contribution is 5.95. The maximum atomic E-state index is 12.9. The van der Waals surface area contributed by atoms with Gasteiger partial charge in [-0.1, -0.05) is 36.4 Å². The van der Waals surface area contributed by atoms with Gasteiger partial charge in [-0.05, 0) is 31.2 Å². The van der Waals surface area contributed by atoms with Crippen molar-refractivity contribution < 1.29 is 9.59 Å². The van der Waals surface area contributed by atoms with Crippen LogP contribution in [0.1, 0.15) is 19.8 Å². The Kier molecular flexibility index (Phi) is 4.66. The van der Waals surface area contributed by atoms with Crippen molar-refractivity contribution in [3.8, 4) is 0 Å². The van der Waals surface area contributed by atoms with Gasteiger partial charge in [0, 0.05) is 43.3 Å². The molecule has 2 aromatic carbocycles. The summed E-state index contributed by atoms with van der Waals surface area (Å²) in [4.78, 5) is 33.6. The molecular weight excluding hydrogens is 364 g/mol. The van der Waals surface area contributed by atoms with Crippen LogP contribution < -0.4 is 4.90 Å². The van der Waals surface area contributed by atoms with E-state index in [2.05, 4.69) is 59.2 Å². The van der Waals surface area contributed by atoms with Crippen molar-refractivity contribution in [2.24, 2.45) is 0 Å². The van der Waals surface area contributed by atoms with Crippen molar-refractivity contribution in [1.29, 1.82) is 0 Å². The van der Waals surface area contributed by atoms with E-state index in [0.29, 0.717) is 12.7 Å². The van der Waals surface area contributed by atoms with Gasteiger partial charge in [0.1, 0.15) is 12.6 Å². The average Bonchev–Trinajstić information content (AvgIpc) is 3.24. The molecule has 3 saturated heterocycles. The minimum atomic E-state index is -0.219. The molecule has 0 aliphatic carbocycles. The number of hydrogen-bond donors (Lipinski definition) is 0. The SMILES string of the molecule is CC1CN(c2cccc3ccccc23)CCN1CN1CC(=O)N2CCC[C@@H]2C1=O. The maximum Gasteiger partial charge on any atom is 0.246 e. The summed E-state index contributed by atoms with van der Waals surface area (Å²) in [6.07, 6.45) is 1.75. The third-order valence-electron chi connectivity index (χ3n) is 6.72. The molecular formula is C23H28N4O2. The van der Waals surface area contributed by atoms with Crippen LogP contribution in [-0.2, 0) is 9.59 Å². The lowest BCUT2D eigenvalue weighted by molar-refractivity contribution is -0.156. The zero-order valence-corrected chi connectivity index (χ0v) is 17.0. The van der Waals surface area contributed by atoms with E-state index < -0.39 is 0 Å². The Bertz CT molecular complexity index is 940. The highest BCUT2D eigenvalue weighted by Crippen LogP contribution is 2.29. The molecule has 0 N–H and O–H groups in total. The van der Waals surface area contributed by atoms with E-state index in [0.717, 1.165) is 39.0 Å². The number of carbonyl (C=O) groups is 2. The number of piperazine rings is 2. The van der Waals surface area contributed by atoms with Crippen LogP contribution in [0.5, 0.6) is 0 Å². The van der Waals surface area contributed by atoms with Gasteiger partial charge >= 0.3 is 0 Å². The predicted molar refractivity (Wildman–Crippen MR) is 114 cm³/mol. The van der Waals surface area contributed by atoms with Crippen LogP contribution in [0.25, 0.3) is 10.8 Å². The van der Waals surface area contributed by atoms with Crippen LogP contribution in [-0.4, -0.2) is 78.0 Å². The Hall–Kier alpha value is -2.60. The number of benzene rings is 2. The van der Waals surface area contributed by atoms with E-state index >= 15 is 0 Å². The van der Waals surface area contributed by atoms with Gasteiger partial charge in [0.15, 0.2) is 0 Å². The number of hydrogen-bond acceptors (Lipinski definition) is 4. The van der Waals surface area contributed by atoms with Crippen molar-refractivity contribution in [3.05, 3.63) is 42.5 Å². The Balaban J connectivity index is 1.28. The molecule has 2 amide bonds. The van der Waals surface area contributed by atoms with E-state index in [1.54, 1.807) is 9.80 Å². The average molecular weight is 393 g/mol. The first-order valence-electron chi connectivity index (χ1n) is 10.7. The zero-order chi connectivity index (χ0) is 20.0. The number of nitrogens with zero attached hydrogens (tertiary/aromatic N) is 4. The van der Waals surface area contributed by atoms with Gasteiger partial charge in [-0.15, -0.1) is 0 Å². The molecule has 2 aromatic rings. The van der Waals surface area contributed by atoms with Crippen molar-refractivity contribution in [2.45, 2.75) is 31.8 Å². The van der Waals surface area contributed by atoms with Gasteiger partial charge in [0.25, 0.3) is 0 Å². The molecule has 0 radical (unpaired) electrons. The Morgan fingerprint density at radius 2 is 1.83 bits per heavy atom. The maximum absolute atomic E-state index is 12.9. The van der Waals surface area contributed by atoms with Crippen LogP contribution in [0, 0.1) is 0 Å². The molecule has 0 spiro atoms. The molecule has 152 valence electrons. The first-order chi connectivity index (χ1) is 14.1. The highest BCUT2D eigenvalue weighted by Gasteiger charge is 2.42. The van der Waals surface area contributed by atoms with Crippen molar-refractivity contribution in [1.82, 2.24) is 14.7 Å². The molecule has 3 heterocycles. The number of fused-ring (bicyclic) bond motifs is 2. The van der Waals surface area contributed by atoms with E-state index in [1.807, 2.05) is 0 Å². The lowest BCUT2D eigenvalue weighted by Gasteiger charge is -2.45. The number of rotatable bonds is 3. The number of amides is 2. The lowest BCUT2D eigenvalue weighted by Crippen LogP contribution is -2.62. The summed E-state index contributed by atoms with van der Waals surface area (Å²) in [5.74, 6) is 0.236. The molecule has 0 saturated carbocycles. The molecule has 3 aliphatic rings. The second-order valence-electron chi connectivity index (χ2n) is 8.53.